The first-order chi connectivity index (χ1) is 12.1. The smallest absolute Gasteiger partial charge is 0.109 e. The molecule has 3 heterocycles. The van der Waals surface area contributed by atoms with Gasteiger partial charge in [0.05, 0.1) is 38.2 Å². The predicted octanol–water partition coefficient (Wildman–Crippen LogP) is -0.608. The van der Waals surface area contributed by atoms with Gasteiger partial charge in [-0.2, -0.15) is 0 Å². The molecule has 0 aromatic carbocycles. The molecule has 0 aliphatic carbocycles. The number of hydrogen-bond acceptors (Lipinski definition) is 7. The quantitative estimate of drug-likeness (QED) is 0.581. The van der Waals surface area contributed by atoms with Gasteiger partial charge in [0, 0.05) is 26.2 Å². The summed E-state index contributed by atoms with van der Waals surface area (Å²) in [5.41, 5.74) is 0.730. The van der Waals surface area contributed by atoms with Gasteiger partial charge in [0.2, 0.25) is 0 Å². The van der Waals surface area contributed by atoms with Gasteiger partial charge in [0.15, 0.2) is 0 Å². The SMILES string of the molecule is [B][C@H]1C[C@@H](OC)[C@@H](Cn2cc(CO[C@@H]3C[C@H]([B])O[C@@H]3COC)nn2)O1. The first-order valence-electron chi connectivity index (χ1n) is 8.43. The van der Waals surface area contributed by atoms with Gasteiger partial charge in [-0.25, -0.2) is 4.68 Å². The van der Waals surface area contributed by atoms with Crippen LogP contribution in [0.5, 0.6) is 0 Å². The molecule has 1 aromatic heterocycles. The van der Waals surface area contributed by atoms with Crippen LogP contribution in [0.3, 0.4) is 0 Å². The number of rotatable bonds is 8. The van der Waals surface area contributed by atoms with Crippen molar-refractivity contribution < 1.29 is 23.7 Å². The Morgan fingerprint density at radius 2 is 1.88 bits per heavy atom. The summed E-state index contributed by atoms with van der Waals surface area (Å²) in [6.45, 7) is 1.31. The van der Waals surface area contributed by atoms with E-state index in [9.17, 15) is 0 Å². The number of hydrogen-bond donors (Lipinski definition) is 0. The number of aromatic nitrogens is 3. The van der Waals surface area contributed by atoms with Crippen LogP contribution in [0.4, 0.5) is 0 Å². The van der Waals surface area contributed by atoms with Crippen LogP contribution in [0.2, 0.25) is 0 Å². The van der Waals surface area contributed by atoms with Crippen molar-refractivity contribution in [1.29, 1.82) is 0 Å². The Kier molecular flexibility index (Phi) is 6.51. The van der Waals surface area contributed by atoms with Crippen LogP contribution < -0.4 is 0 Å². The summed E-state index contributed by atoms with van der Waals surface area (Å²) in [7, 11) is 14.9. The summed E-state index contributed by atoms with van der Waals surface area (Å²) < 4.78 is 29.4. The number of methoxy groups -OCH3 is 2. The maximum atomic E-state index is 5.89. The fourth-order valence-electron chi connectivity index (χ4n) is 3.26. The van der Waals surface area contributed by atoms with Crippen LogP contribution in [-0.4, -0.2) is 87.9 Å². The summed E-state index contributed by atoms with van der Waals surface area (Å²) in [6.07, 6.45) is 2.69. The first kappa shape index (κ1) is 18.8. The van der Waals surface area contributed by atoms with E-state index in [2.05, 4.69) is 10.3 Å². The lowest BCUT2D eigenvalue weighted by molar-refractivity contribution is -0.0522. The second kappa shape index (κ2) is 8.64. The van der Waals surface area contributed by atoms with Crippen LogP contribution in [0.15, 0.2) is 6.20 Å². The molecular formula is C15H23B2N3O5. The van der Waals surface area contributed by atoms with Crippen molar-refractivity contribution in [3.63, 3.8) is 0 Å². The van der Waals surface area contributed by atoms with E-state index in [1.54, 1.807) is 18.9 Å². The Hall–Kier alpha value is -0.930. The van der Waals surface area contributed by atoms with Gasteiger partial charge in [-0.3, -0.25) is 0 Å². The molecule has 4 radical (unpaired) electrons. The molecule has 134 valence electrons. The maximum absolute atomic E-state index is 5.89. The molecule has 2 fully saturated rings. The van der Waals surface area contributed by atoms with Gasteiger partial charge < -0.3 is 23.7 Å². The van der Waals surface area contributed by atoms with Crippen molar-refractivity contribution >= 4 is 15.7 Å². The van der Waals surface area contributed by atoms with Crippen molar-refractivity contribution in [2.24, 2.45) is 0 Å². The van der Waals surface area contributed by atoms with E-state index < -0.39 is 0 Å². The van der Waals surface area contributed by atoms with Gasteiger partial charge in [-0.1, -0.05) is 5.21 Å². The minimum Gasteiger partial charge on any atom is -0.382 e. The molecule has 3 rings (SSSR count). The molecule has 2 saturated heterocycles. The molecule has 0 unspecified atom stereocenters. The van der Waals surface area contributed by atoms with E-state index in [0.29, 0.717) is 32.6 Å². The lowest BCUT2D eigenvalue weighted by Crippen LogP contribution is -2.29. The average molecular weight is 347 g/mol. The Labute approximate surface area is 150 Å². The summed E-state index contributed by atoms with van der Waals surface area (Å²) in [4.78, 5) is 0. The van der Waals surface area contributed by atoms with Crippen molar-refractivity contribution in [2.45, 2.75) is 62.4 Å². The van der Waals surface area contributed by atoms with Crippen molar-refractivity contribution in [2.75, 3.05) is 20.8 Å². The van der Waals surface area contributed by atoms with Gasteiger partial charge >= 0.3 is 0 Å². The predicted molar refractivity (Wildman–Crippen MR) is 89.3 cm³/mol. The Morgan fingerprint density at radius 1 is 1.16 bits per heavy atom. The van der Waals surface area contributed by atoms with Crippen LogP contribution >= 0.6 is 0 Å². The molecular weight excluding hydrogens is 324 g/mol. The topological polar surface area (TPSA) is 76.9 Å². The van der Waals surface area contributed by atoms with E-state index in [1.165, 1.54) is 0 Å². The molecule has 2 aliphatic rings. The third-order valence-electron chi connectivity index (χ3n) is 4.49. The van der Waals surface area contributed by atoms with E-state index in [-0.39, 0.29) is 36.4 Å². The summed E-state index contributed by atoms with van der Waals surface area (Å²) in [5.74, 6) is 0. The lowest BCUT2D eigenvalue weighted by atomic mass is 9.96. The normalized spacial score (nSPS) is 35.4. The highest BCUT2D eigenvalue weighted by Crippen LogP contribution is 2.24. The van der Waals surface area contributed by atoms with Crippen LogP contribution in [0.1, 0.15) is 18.5 Å². The first-order valence-corrected chi connectivity index (χ1v) is 8.43. The zero-order valence-electron chi connectivity index (χ0n) is 14.6. The second-order valence-electron chi connectivity index (χ2n) is 6.41. The number of ether oxygens (including phenoxy) is 5. The minimum atomic E-state index is -0.324. The van der Waals surface area contributed by atoms with E-state index in [0.717, 1.165) is 5.69 Å². The second-order valence-corrected chi connectivity index (χ2v) is 6.41. The zero-order valence-corrected chi connectivity index (χ0v) is 14.6. The molecule has 6 atom stereocenters. The van der Waals surface area contributed by atoms with E-state index in [4.69, 9.17) is 39.4 Å². The molecule has 0 N–H and O–H groups in total. The highest BCUT2D eigenvalue weighted by atomic mass is 16.6. The van der Waals surface area contributed by atoms with E-state index in [1.807, 2.05) is 6.20 Å². The van der Waals surface area contributed by atoms with Gasteiger partial charge in [0.1, 0.15) is 33.6 Å². The molecule has 0 spiro atoms. The Bertz CT molecular complexity index is 549. The number of nitrogens with zero attached hydrogens (tertiary/aromatic N) is 3. The van der Waals surface area contributed by atoms with Crippen LogP contribution in [0, 0.1) is 0 Å². The van der Waals surface area contributed by atoms with E-state index >= 15 is 0 Å². The minimum absolute atomic E-state index is 0.0363. The molecule has 8 nitrogen and oxygen atoms in total. The van der Waals surface area contributed by atoms with Gasteiger partial charge in [-0.15, -0.1) is 5.10 Å². The van der Waals surface area contributed by atoms with Crippen molar-refractivity contribution in [3.05, 3.63) is 11.9 Å². The Morgan fingerprint density at radius 3 is 2.60 bits per heavy atom. The largest absolute Gasteiger partial charge is 0.382 e. The summed E-state index contributed by atoms with van der Waals surface area (Å²) >= 11 is 0. The third-order valence-corrected chi connectivity index (χ3v) is 4.49. The van der Waals surface area contributed by atoms with Gasteiger partial charge in [-0.05, 0) is 12.8 Å². The highest BCUT2D eigenvalue weighted by Gasteiger charge is 2.34. The molecule has 0 bridgehead atoms. The van der Waals surface area contributed by atoms with Crippen molar-refractivity contribution in [3.8, 4) is 0 Å². The molecule has 25 heavy (non-hydrogen) atoms. The highest BCUT2D eigenvalue weighted by molar-refractivity contribution is 6.11. The molecule has 1 aromatic rings. The van der Waals surface area contributed by atoms with Crippen LogP contribution in [-0.2, 0) is 36.8 Å². The van der Waals surface area contributed by atoms with Crippen LogP contribution in [0.25, 0.3) is 0 Å². The fraction of sp³-hybridized carbons (Fsp3) is 0.867. The zero-order chi connectivity index (χ0) is 17.8. The molecule has 0 amide bonds. The summed E-state index contributed by atoms with van der Waals surface area (Å²) in [5, 5.41) is 8.25. The molecule has 2 aliphatic heterocycles. The lowest BCUT2D eigenvalue weighted by Gasteiger charge is -2.17. The fourth-order valence-corrected chi connectivity index (χ4v) is 3.26. The monoisotopic (exact) mass is 347 g/mol. The molecule has 0 saturated carbocycles. The maximum Gasteiger partial charge on any atom is 0.109 e. The summed E-state index contributed by atoms with van der Waals surface area (Å²) in [6, 6.07) is -0.624. The standard InChI is InChI=1S/C15H23B2N3O5/c1-21-8-13-11(4-15(17)25-13)23-7-9-5-20(19-18-9)6-12-10(22-2)3-14(16)24-12/h5,10-15H,3-4,6-8H2,1-2H3/t10-,11-,12-,13-,14-,15-/m1/s1. The Balaban J connectivity index is 1.50. The van der Waals surface area contributed by atoms with Crippen molar-refractivity contribution in [1.82, 2.24) is 15.0 Å². The average Bonchev–Trinajstić information content (AvgIpc) is 3.26. The molecule has 10 heteroatoms. The van der Waals surface area contributed by atoms with Gasteiger partial charge in [0.25, 0.3) is 0 Å². The third kappa shape index (κ3) is 4.83.